The standard InChI is InChI=1S/C17H16ClNO3/c1-21-16-7-6-12(18)9-14(16)19-17(20)8-11-10-22-15-5-3-2-4-13(11)15/h2-7,9,11H,8,10H2,1H3,(H,19,20). The topological polar surface area (TPSA) is 47.6 Å². The van der Waals surface area contributed by atoms with E-state index in [4.69, 9.17) is 21.1 Å². The number of ether oxygens (including phenoxy) is 2. The lowest BCUT2D eigenvalue weighted by Gasteiger charge is -2.12. The minimum Gasteiger partial charge on any atom is -0.495 e. The van der Waals surface area contributed by atoms with Gasteiger partial charge in [0.15, 0.2) is 0 Å². The van der Waals surface area contributed by atoms with Crippen molar-refractivity contribution in [3.05, 3.63) is 53.1 Å². The number of rotatable bonds is 4. The molecule has 114 valence electrons. The number of hydrogen-bond donors (Lipinski definition) is 1. The zero-order chi connectivity index (χ0) is 15.5. The van der Waals surface area contributed by atoms with Gasteiger partial charge in [0, 0.05) is 22.9 Å². The molecule has 22 heavy (non-hydrogen) atoms. The Morgan fingerprint density at radius 1 is 1.36 bits per heavy atom. The van der Waals surface area contributed by atoms with Crippen LogP contribution in [0.5, 0.6) is 11.5 Å². The third-order valence-electron chi connectivity index (χ3n) is 3.67. The van der Waals surface area contributed by atoms with Crippen molar-refractivity contribution in [1.29, 1.82) is 0 Å². The van der Waals surface area contributed by atoms with Gasteiger partial charge in [0.2, 0.25) is 5.91 Å². The Hall–Kier alpha value is -2.20. The number of methoxy groups -OCH3 is 1. The number of carbonyl (C=O) groups is 1. The van der Waals surface area contributed by atoms with Crippen molar-refractivity contribution < 1.29 is 14.3 Å². The van der Waals surface area contributed by atoms with Crippen LogP contribution >= 0.6 is 11.6 Å². The summed E-state index contributed by atoms with van der Waals surface area (Å²) in [5, 5.41) is 3.40. The molecule has 0 saturated heterocycles. The minimum atomic E-state index is -0.0918. The second-order valence-electron chi connectivity index (χ2n) is 5.14. The van der Waals surface area contributed by atoms with Crippen LogP contribution in [0.4, 0.5) is 5.69 Å². The largest absolute Gasteiger partial charge is 0.495 e. The Kier molecular flexibility index (Phi) is 4.20. The van der Waals surface area contributed by atoms with E-state index in [1.807, 2.05) is 24.3 Å². The molecular weight excluding hydrogens is 302 g/mol. The molecule has 1 N–H and O–H groups in total. The van der Waals surface area contributed by atoms with Gasteiger partial charge in [-0.1, -0.05) is 29.8 Å². The van der Waals surface area contributed by atoms with E-state index in [1.54, 1.807) is 25.3 Å². The monoisotopic (exact) mass is 317 g/mol. The van der Waals surface area contributed by atoms with Crippen LogP contribution in [-0.2, 0) is 4.79 Å². The molecule has 1 aliphatic rings. The highest BCUT2D eigenvalue weighted by Gasteiger charge is 2.26. The number of para-hydroxylation sites is 1. The summed E-state index contributed by atoms with van der Waals surface area (Å²) >= 11 is 5.97. The zero-order valence-corrected chi connectivity index (χ0v) is 12.9. The van der Waals surface area contributed by atoms with Crippen LogP contribution in [0.3, 0.4) is 0 Å². The van der Waals surface area contributed by atoms with E-state index < -0.39 is 0 Å². The fraction of sp³-hybridized carbons (Fsp3) is 0.235. The molecule has 2 aromatic carbocycles. The van der Waals surface area contributed by atoms with Gasteiger partial charge in [0.05, 0.1) is 19.4 Å². The van der Waals surface area contributed by atoms with E-state index in [0.717, 1.165) is 11.3 Å². The summed E-state index contributed by atoms with van der Waals surface area (Å²) in [7, 11) is 1.56. The number of amides is 1. The first kappa shape index (κ1) is 14.7. The van der Waals surface area contributed by atoms with Crippen LogP contribution in [0, 0.1) is 0 Å². The second-order valence-corrected chi connectivity index (χ2v) is 5.58. The molecular formula is C17H16ClNO3. The van der Waals surface area contributed by atoms with Gasteiger partial charge in [-0.25, -0.2) is 0 Å². The molecule has 0 spiro atoms. The van der Waals surface area contributed by atoms with Crippen molar-refractivity contribution in [3.8, 4) is 11.5 Å². The van der Waals surface area contributed by atoms with Crippen LogP contribution in [0.15, 0.2) is 42.5 Å². The van der Waals surface area contributed by atoms with E-state index in [2.05, 4.69) is 5.32 Å². The predicted octanol–water partition coefficient (Wildman–Crippen LogP) is 3.85. The molecule has 4 nitrogen and oxygen atoms in total. The highest BCUT2D eigenvalue weighted by atomic mass is 35.5. The molecule has 0 aromatic heterocycles. The highest BCUT2D eigenvalue weighted by Crippen LogP contribution is 2.36. The van der Waals surface area contributed by atoms with Crippen molar-refractivity contribution in [2.75, 3.05) is 19.0 Å². The Balaban J connectivity index is 1.70. The maximum atomic E-state index is 12.3. The number of hydrogen-bond acceptors (Lipinski definition) is 3. The fourth-order valence-electron chi connectivity index (χ4n) is 2.60. The molecule has 1 amide bonds. The number of anilines is 1. The summed E-state index contributed by atoms with van der Waals surface area (Å²) in [5.41, 5.74) is 1.66. The number of benzene rings is 2. The molecule has 0 radical (unpaired) electrons. The third kappa shape index (κ3) is 3.02. The lowest BCUT2D eigenvalue weighted by Crippen LogP contribution is -2.17. The SMILES string of the molecule is COc1ccc(Cl)cc1NC(=O)CC1COc2ccccc21. The van der Waals surface area contributed by atoms with Crippen LogP contribution in [0.25, 0.3) is 0 Å². The third-order valence-corrected chi connectivity index (χ3v) is 3.90. The summed E-state index contributed by atoms with van der Waals surface area (Å²) in [6.07, 6.45) is 0.354. The Morgan fingerprint density at radius 2 is 2.18 bits per heavy atom. The Morgan fingerprint density at radius 3 is 3.00 bits per heavy atom. The minimum absolute atomic E-state index is 0.0707. The molecule has 5 heteroatoms. The first-order valence-electron chi connectivity index (χ1n) is 7.02. The van der Waals surface area contributed by atoms with Crippen LogP contribution < -0.4 is 14.8 Å². The number of nitrogens with one attached hydrogen (secondary N) is 1. The molecule has 3 rings (SSSR count). The van der Waals surface area contributed by atoms with Gasteiger partial charge in [-0.15, -0.1) is 0 Å². The lowest BCUT2D eigenvalue weighted by atomic mass is 9.97. The van der Waals surface area contributed by atoms with Crippen molar-refractivity contribution >= 4 is 23.2 Å². The maximum absolute atomic E-state index is 12.3. The molecule has 1 heterocycles. The summed E-state index contributed by atoms with van der Waals surface area (Å²) < 4.78 is 10.8. The average Bonchev–Trinajstić information content (AvgIpc) is 2.91. The van der Waals surface area contributed by atoms with E-state index in [9.17, 15) is 4.79 Å². The van der Waals surface area contributed by atoms with Gasteiger partial charge < -0.3 is 14.8 Å². The van der Waals surface area contributed by atoms with Crippen molar-refractivity contribution in [1.82, 2.24) is 0 Å². The van der Waals surface area contributed by atoms with Crippen LogP contribution in [0.1, 0.15) is 17.9 Å². The van der Waals surface area contributed by atoms with E-state index >= 15 is 0 Å². The van der Waals surface area contributed by atoms with E-state index in [1.165, 1.54) is 0 Å². The van der Waals surface area contributed by atoms with Crippen molar-refractivity contribution in [2.24, 2.45) is 0 Å². The fourth-order valence-corrected chi connectivity index (χ4v) is 2.77. The van der Waals surface area contributed by atoms with Gasteiger partial charge in [0.1, 0.15) is 11.5 Å². The van der Waals surface area contributed by atoms with Gasteiger partial charge >= 0.3 is 0 Å². The summed E-state index contributed by atoms with van der Waals surface area (Å²) in [5.74, 6) is 1.42. The summed E-state index contributed by atoms with van der Waals surface area (Å²) in [4.78, 5) is 12.3. The first-order chi connectivity index (χ1) is 10.7. The Labute approximate surface area is 134 Å². The second kappa shape index (κ2) is 6.28. The lowest BCUT2D eigenvalue weighted by molar-refractivity contribution is -0.116. The van der Waals surface area contributed by atoms with Crippen molar-refractivity contribution in [3.63, 3.8) is 0 Å². The van der Waals surface area contributed by atoms with Gasteiger partial charge in [-0.05, 0) is 24.3 Å². The van der Waals surface area contributed by atoms with Crippen molar-refractivity contribution in [2.45, 2.75) is 12.3 Å². The Bertz CT molecular complexity index is 702. The maximum Gasteiger partial charge on any atom is 0.225 e. The zero-order valence-electron chi connectivity index (χ0n) is 12.1. The van der Waals surface area contributed by atoms with Gasteiger partial charge in [0.25, 0.3) is 0 Å². The van der Waals surface area contributed by atoms with Crippen LogP contribution in [0.2, 0.25) is 5.02 Å². The molecule has 2 aromatic rings. The molecule has 1 aliphatic heterocycles. The van der Waals surface area contributed by atoms with E-state index in [-0.39, 0.29) is 11.8 Å². The molecule has 0 aliphatic carbocycles. The number of carbonyl (C=O) groups excluding carboxylic acids is 1. The van der Waals surface area contributed by atoms with E-state index in [0.29, 0.717) is 29.5 Å². The quantitative estimate of drug-likeness (QED) is 0.931. The molecule has 1 unspecified atom stereocenters. The molecule has 0 fully saturated rings. The summed E-state index contributed by atoms with van der Waals surface area (Å²) in [6.45, 7) is 0.527. The molecule has 0 bridgehead atoms. The highest BCUT2D eigenvalue weighted by molar-refractivity contribution is 6.31. The van der Waals surface area contributed by atoms with Gasteiger partial charge in [-0.2, -0.15) is 0 Å². The smallest absolute Gasteiger partial charge is 0.225 e. The predicted molar refractivity (Wildman–Crippen MR) is 85.9 cm³/mol. The number of halogens is 1. The normalized spacial score (nSPS) is 15.8. The first-order valence-corrected chi connectivity index (χ1v) is 7.40. The average molecular weight is 318 g/mol. The summed E-state index contributed by atoms with van der Waals surface area (Å²) in [6, 6.07) is 12.9. The van der Waals surface area contributed by atoms with Crippen LogP contribution in [-0.4, -0.2) is 19.6 Å². The number of fused-ring (bicyclic) bond motifs is 1. The van der Waals surface area contributed by atoms with Gasteiger partial charge in [-0.3, -0.25) is 4.79 Å². The molecule has 1 atom stereocenters. The molecule has 0 saturated carbocycles.